The Labute approximate surface area is 192 Å². The average Bonchev–Trinajstić information content (AvgIpc) is 3.36. The molecule has 0 saturated carbocycles. The molecule has 31 heavy (non-hydrogen) atoms. The molecular formula is C21H20ClN3O4S2. The summed E-state index contributed by atoms with van der Waals surface area (Å²) >= 11 is 8.73. The molecule has 2 heterocycles. The number of nitrogens with zero attached hydrogens (tertiary/aromatic N) is 2. The van der Waals surface area contributed by atoms with Gasteiger partial charge in [-0.05, 0) is 42.9 Å². The number of hydrogen-bond donors (Lipinski definition) is 1. The first-order chi connectivity index (χ1) is 15.0. The Morgan fingerprint density at radius 1 is 1.35 bits per heavy atom. The van der Waals surface area contributed by atoms with Crippen LogP contribution < -0.4 is 5.32 Å². The molecule has 162 valence electrons. The molecule has 1 atom stereocenters. The maximum atomic E-state index is 12.6. The summed E-state index contributed by atoms with van der Waals surface area (Å²) in [6.45, 7) is 2.19. The van der Waals surface area contributed by atoms with Crippen LogP contribution in [0.5, 0.6) is 0 Å². The predicted octanol–water partition coefficient (Wildman–Crippen LogP) is 5.09. The van der Waals surface area contributed by atoms with Gasteiger partial charge in [0.05, 0.1) is 29.0 Å². The number of anilines is 1. The summed E-state index contributed by atoms with van der Waals surface area (Å²) in [5.74, 6) is 0.224. The van der Waals surface area contributed by atoms with Crippen molar-refractivity contribution in [3.8, 4) is 11.5 Å². The number of nitrogens with one attached hydrogen (secondary N) is 1. The maximum absolute atomic E-state index is 12.6. The van der Waals surface area contributed by atoms with Gasteiger partial charge in [0.15, 0.2) is 0 Å². The Morgan fingerprint density at radius 3 is 2.94 bits per heavy atom. The van der Waals surface area contributed by atoms with Gasteiger partial charge >= 0.3 is 5.97 Å². The minimum atomic E-state index is -0.420. The molecule has 0 saturated heterocycles. The number of halogens is 1. The molecule has 10 heteroatoms. The van der Waals surface area contributed by atoms with Crippen molar-refractivity contribution in [2.24, 2.45) is 5.92 Å². The molecule has 1 amide bonds. The van der Waals surface area contributed by atoms with Crippen LogP contribution in [0.25, 0.3) is 11.5 Å². The molecule has 0 spiro atoms. The fourth-order valence-corrected chi connectivity index (χ4v) is 5.65. The number of carbonyl (C=O) groups excluding carboxylic acids is 2. The van der Waals surface area contributed by atoms with Gasteiger partial charge in [0, 0.05) is 4.88 Å². The van der Waals surface area contributed by atoms with Crippen LogP contribution in [0.15, 0.2) is 33.9 Å². The van der Waals surface area contributed by atoms with Crippen molar-refractivity contribution in [1.29, 1.82) is 0 Å². The second-order valence-corrected chi connectivity index (χ2v) is 9.68. The monoisotopic (exact) mass is 477 g/mol. The molecule has 2 aromatic heterocycles. The fraction of sp³-hybridized carbons (Fsp3) is 0.333. The van der Waals surface area contributed by atoms with Crippen molar-refractivity contribution in [2.45, 2.75) is 31.4 Å². The number of thioether (sulfide) groups is 1. The Morgan fingerprint density at radius 2 is 2.16 bits per heavy atom. The van der Waals surface area contributed by atoms with E-state index in [0.717, 1.165) is 41.5 Å². The number of benzene rings is 1. The smallest absolute Gasteiger partial charge is 0.341 e. The second kappa shape index (κ2) is 9.42. The Kier molecular flexibility index (Phi) is 6.64. The number of rotatable bonds is 6. The summed E-state index contributed by atoms with van der Waals surface area (Å²) in [5.41, 5.74) is 2.11. The summed E-state index contributed by atoms with van der Waals surface area (Å²) in [4.78, 5) is 26.1. The number of carbonyl (C=O) groups is 2. The summed E-state index contributed by atoms with van der Waals surface area (Å²) in [6.07, 6.45) is 2.73. The lowest BCUT2D eigenvalue weighted by atomic mass is 9.88. The Bertz CT molecular complexity index is 1130. The normalized spacial score (nSPS) is 15.4. The zero-order valence-electron chi connectivity index (χ0n) is 16.9. The van der Waals surface area contributed by atoms with Gasteiger partial charge in [-0.3, -0.25) is 4.79 Å². The topological polar surface area (TPSA) is 94.3 Å². The van der Waals surface area contributed by atoms with Crippen LogP contribution in [-0.4, -0.2) is 34.9 Å². The van der Waals surface area contributed by atoms with Crippen molar-refractivity contribution in [1.82, 2.24) is 10.2 Å². The molecule has 3 aromatic rings. The predicted molar refractivity (Wildman–Crippen MR) is 121 cm³/mol. The number of fused-ring (bicyclic) bond motifs is 1. The molecule has 1 aliphatic rings. The summed E-state index contributed by atoms with van der Waals surface area (Å²) in [7, 11) is 1.35. The van der Waals surface area contributed by atoms with Gasteiger partial charge in [-0.2, -0.15) is 0 Å². The van der Waals surface area contributed by atoms with Crippen LogP contribution in [0.4, 0.5) is 5.00 Å². The Balaban J connectivity index is 1.44. The summed E-state index contributed by atoms with van der Waals surface area (Å²) in [6, 6.07) is 7.16. The van der Waals surface area contributed by atoms with E-state index in [0.29, 0.717) is 33.0 Å². The number of ether oxygens (including phenoxy) is 1. The molecule has 0 bridgehead atoms. The van der Waals surface area contributed by atoms with Gasteiger partial charge in [-0.25, -0.2) is 4.79 Å². The summed E-state index contributed by atoms with van der Waals surface area (Å²) in [5, 5.41) is 12.1. The summed E-state index contributed by atoms with van der Waals surface area (Å²) < 4.78 is 10.6. The quantitative estimate of drug-likeness (QED) is 0.390. The van der Waals surface area contributed by atoms with Crippen molar-refractivity contribution < 1.29 is 18.7 Å². The lowest BCUT2D eigenvalue weighted by Gasteiger charge is -2.18. The minimum absolute atomic E-state index is 0.0593. The van der Waals surface area contributed by atoms with E-state index in [-0.39, 0.29) is 16.9 Å². The van der Waals surface area contributed by atoms with Crippen LogP contribution >= 0.6 is 34.7 Å². The molecule has 0 aliphatic heterocycles. The van der Waals surface area contributed by atoms with Gasteiger partial charge < -0.3 is 14.5 Å². The SMILES string of the molecule is COC(=O)c1c(NC(=O)CSc2nnc(-c3ccccc3Cl)o2)sc2c1CCC(C)C2. The molecular weight excluding hydrogens is 458 g/mol. The molecule has 0 fully saturated rings. The standard InChI is InChI=1S/C21H20ClN3O4S2/c1-11-7-8-13-15(9-11)31-19(17(13)20(27)28-2)23-16(26)10-30-21-25-24-18(29-21)12-5-3-4-6-14(12)22/h3-6,11H,7-10H2,1-2H3,(H,23,26). The van der Waals surface area contributed by atoms with E-state index in [1.807, 2.05) is 12.1 Å². The zero-order chi connectivity index (χ0) is 22.0. The number of aromatic nitrogens is 2. The van der Waals surface area contributed by atoms with E-state index in [1.165, 1.54) is 18.4 Å². The third-order valence-corrected chi connectivity index (χ3v) is 7.31. The second-order valence-electron chi connectivity index (χ2n) is 7.24. The van der Waals surface area contributed by atoms with Crippen LogP contribution in [-0.2, 0) is 22.4 Å². The maximum Gasteiger partial charge on any atom is 0.341 e. The van der Waals surface area contributed by atoms with E-state index >= 15 is 0 Å². The number of amides is 1. The van der Waals surface area contributed by atoms with Gasteiger partial charge in [0.1, 0.15) is 5.00 Å². The van der Waals surface area contributed by atoms with Gasteiger partial charge in [-0.1, -0.05) is 42.4 Å². The van der Waals surface area contributed by atoms with E-state index < -0.39 is 5.97 Å². The molecule has 1 unspecified atom stereocenters. The van der Waals surface area contributed by atoms with E-state index in [9.17, 15) is 9.59 Å². The zero-order valence-corrected chi connectivity index (χ0v) is 19.3. The van der Waals surface area contributed by atoms with Crippen LogP contribution in [0.2, 0.25) is 5.02 Å². The highest BCUT2D eigenvalue weighted by molar-refractivity contribution is 7.99. The fourth-order valence-electron chi connectivity index (χ4n) is 3.46. The lowest BCUT2D eigenvalue weighted by Crippen LogP contribution is -2.17. The highest BCUT2D eigenvalue weighted by Crippen LogP contribution is 2.40. The largest absolute Gasteiger partial charge is 0.465 e. The molecule has 1 aliphatic carbocycles. The van der Waals surface area contributed by atoms with E-state index in [1.54, 1.807) is 12.1 Å². The van der Waals surface area contributed by atoms with E-state index in [2.05, 4.69) is 22.4 Å². The first-order valence-electron chi connectivity index (χ1n) is 9.70. The number of hydrogen-bond acceptors (Lipinski definition) is 8. The third kappa shape index (κ3) is 4.78. The number of esters is 1. The molecule has 4 rings (SSSR count). The average molecular weight is 478 g/mol. The molecule has 7 nitrogen and oxygen atoms in total. The molecule has 1 N–H and O–H groups in total. The lowest BCUT2D eigenvalue weighted by molar-refractivity contribution is -0.113. The minimum Gasteiger partial charge on any atom is -0.465 e. The van der Waals surface area contributed by atoms with Crippen LogP contribution in [0.1, 0.15) is 34.1 Å². The van der Waals surface area contributed by atoms with Crippen molar-refractivity contribution in [2.75, 3.05) is 18.2 Å². The van der Waals surface area contributed by atoms with Crippen molar-refractivity contribution in [3.63, 3.8) is 0 Å². The molecule has 1 aromatic carbocycles. The third-order valence-electron chi connectivity index (χ3n) is 4.99. The van der Waals surface area contributed by atoms with Gasteiger partial charge in [0.25, 0.3) is 5.22 Å². The molecule has 0 radical (unpaired) electrons. The van der Waals surface area contributed by atoms with Crippen molar-refractivity contribution >= 4 is 51.6 Å². The number of thiophene rings is 1. The van der Waals surface area contributed by atoms with E-state index in [4.69, 9.17) is 20.8 Å². The highest BCUT2D eigenvalue weighted by Gasteiger charge is 2.29. The first kappa shape index (κ1) is 21.9. The van der Waals surface area contributed by atoms with Crippen LogP contribution in [0.3, 0.4) is 0 Å². The Hall–Kier alpha value is -2.36. The number of methoxy groups -OCH3 is 1. The van der Waals surface area contributed by atoms with Crippen LogP contribution in [0, 0.1) is 5.92 Å². The first-order valence-corrected chi connectivity index (χ1v) is 11.9. The van der Waals surface area contributed by atoms with Crippen molar-refractivity contribution in [3.05, 3.63) is 45.3 Å². The van der Waals surface area contributed by atoms with Gasteiger partial charge in [-0.15, -0.1) is 21.5 Å². The highest BCUT2D eigenvalue weighted by atomic mass is 35.5. The van der Waals surface area contributed by atoms with Gasteiger partial charge in [0.2, 0.25) is 11.8 Å².